The molecule has 0 saturated heterocycles. The summed E-state index contributed by atoms with van der Waals surface area (Å²) in [6.07, 6.45) is 1.32. The van der Waals surface area contributed by atoms with Gasteiger partial charge < -0.3 is 10.0 Å². The predicted molar refractivity (Wildman–Crippen MR) is 58.6 cm³/mol. The van der Waals surface area contributed by atoms with Gasteiger partial charge in [0.25, 0.3) is 0 Å². The van der Waals surface area contributed by atoms with Gasteiger partial charge in [-0.3, -0.25) is 9.59 Å². The fourth-order valence-corrected chi connectivity index (χ4v) is 1.06. The molecule has 0 bridgehead atoms. The quantitative estimate of drug-likeness (QED) is 0.760. The Morgan fingerprint density at radius 2 is 1.73 bits per heavy atom. The summed E-state index contributed by atoms with van der Waals surface area (Å²) >= 11 is 0. The molecule has 0 saturated carbocycles. The van der Waals surface area contributed by atoms with Crippen molar-refractivity contribution in [2.24, 2.45) is 5.41 Å². The number of hydrogen-bond acceptors (Lipinski definition) is 2. The number of carbonyl (C=O) groups excluding carboxylic acids is 1. The van der Waals surface area contributed by atoms with E-state index in [2.05, 4.69) is 20.8 Å². The molecular formula is C11H21NO3. The molecule has 0 aromatic heterocycles. The van der Waals surface area contributed by atoms with Crippen molar-refractivity contribution in [2.45, 2.75) is 40.0 Å². The van der Waals surface area contributed by atoms with Crippen LogP contribution in [0.15, 0.2) is 0 Å². The summed E-state index contributed by atoms with van der Waals surface area (Å²) in [6, 6.07) is 0. The normalized spacial score (nSPS) is 11.2. The monoisotopic (exact) mass is 215 g/mol. The molecule has 0 rings (SSSR count). The zero-order chi connectivity index (χ0) is 12.1. The van der Waals surface area contributed by atoms with Crippen LogP contribution in [0.5, 0.6) is 0 Å². The average molecular weight is 215 g/mol. The molecule has 0 aliphatic heterocycles. The fourth-order valence-electron chi connectivity index (χ4n) is 1.06. The Kier molecular flexibility index (Phi) is 5.33. The molecule has 15 heavy (non-hydrogen) atoms. The Bertz CT molecular complexity index is 230. The van der Waals surface area contributed by atoms with E-state index in [4.69, 9.17) is 5.11 Å². The van der Waals surface area contributed by atoms with Gasteiger partial charge in [0.05, 0.1) is 6.42 Å². The van der Waals surface area contributed by atoms with Crippen LogP contribution in [0.4, 0.5) is 0 Å². The lowest BCUT2D eigenvalue weighted by atomic mass is 9.90. The average Bonchev–Trinajstić information content (AvgIpc) is 2.08. The molecule has 1 N–H and O–H groups in total. The Morgan fingerprint density at radius 1 is 1.20 bits per heavy atom. The third kappa shape index (κ3) is 7.97. The van der Waals surface area contributed by atoms with Gasteiger partial charge >= 0.3 is 5.97 Å². The topological polar surface area (TPSA) is 57.6 Å². The molecule has 0 aliphatic rings. The van der Waals surface area contributed by atoms with E-state index in [0.29, 0.717) is 6.42 Å². The van der Waals surface area contributed by atoms with Crippen LogP contribution in [0.2, 0.25) is 0 Å². The van der Waals surface area contributed by atoms with Gasteiger partial charge in [0, 0.05) is 20.0 Å². The number of carboxylic acids is 1. The highest BCUT2D eigenvalue weighted by Crippen LogP contribution is 2.20. The first-order valence-electron chi connectivity index (χ1n) is 5.18. The predicted octanol–water partition coefficient (Wildman–Crippen LogP) is 1.75. The van der Waals surface area contributed by atoms with Crippen LogP contribution in [0.1, 0.15) is 40.0 Å². The molecular weight excluding hydrogens is 194 g/mol. The summed E-state index contributed by atoms with van der Waals surface area (Å²) in [5, 5.41) is 8.47. The second-order valence-corrected chi connectivity index (χ2v) is 5.02. The van der Waals surface area contributed by atoms with Crippen LogP contribution in [-0.2, 0) is 9.59 Å². The van der Waals surface area contributed by atoms with Gasteiger partial charge in [-0.2, -0.15) is 0 Å². The molecule has 0 heterocycles. The smallest absolute Gasteiger partial charge is 0.305 e. The van der Waals surface area contributed by atoms with E-state index in [0.717, 1.165) is 6.42 Å². The van der Waals surface area contributed by atoms with Crippen LogP contribution >= 0.6 is 0 Å². The zero-order valence-corrected chi connectivity index (χ0v) is 10.0. The van der Waals surface area contributed by atoms with Crippen molar-refractivity contribution in [3.05, 3.63) is 0 Å². The lowest BCUT2D eigenvalue weighted by Crippen LogP contribution is -2.29. The minimum absolute atomic E-state index is 0.0117. The number of hydrogen-bond donors (Lipinski definition) is 1. The number of nitrogens with zero attached hydrogens (tertiary/aromatic N) is 1. The van der Waals surface area contributed by atoms with E-state index in [1.54, 1.807) is 7.05 Å². The fraction of sp³-hybridized carbons (Fsp3) is 0.818. The molecule has 1 amide bonds. The first-order valence-corrected chi connectivity index (χ1v) is 5.18. The highest BCUT2D eigenvalue weighted by atomic mass is 16.4. The molecule has 0 radical (unpaired) electrons. The molecule has 0 atom stereocenters. The summed E-state index contributed by atoms with van der Waals surface area (Å²) in [7, 11) is 1.65. The number of aliphatic carboxylic acids is 1. The Hall–Kier alpha value is -1.06. The number of carboxylic acid groups (broad SMARTS) is 1. The maximum absolute atomic E-state index is 11.5. The van der Waals surface area contributed by atoms with Gasteiger partial charge in [-0.25, -0.2) is 0 Å². The lowest BCUT2D eigenvalue weighted by molar-refractivity contribution is -0.138. The van der Waals surface area contributed by atoms with Crippen molar-refractivity contribution in [3.63, 3.8) is 0 Å². The van der Waals surface area contributed by atoms with Crippen LogP contribution in [-0.4, -0.2) is 35.5 Å². The standard InChI is InChI=1S/C11H21NO3/c1-11(2,3)7-5-9(13)12(4)8-6-10(14)15/h5-8H2,1-4H3,(H,14,15). The number of amides is 1. The molecule has 0 spiro atoms. The van der Waals surface area contributed by atoms with Crippen LogP contribution in [0.3, 0.4) is 0 Å². The van der Waals surface area contributed by atoms with E-state index in [-0.39, 0.29) is 24.3 Å². The third-order valence-corrected chi connectivity index (χ3v) is 2.18. The molecule has 0 unspecified atom stereocenters. The van der Waals surface area contributed by atoms with Crippen molar-refractivity contribution in [3.8, 4) is 0 Å². The molecule has 88 valence electrons. The van der Waals surface area contributed by atoms with Crippen LogP contribution in [0.25, 0.3) is 0 Å². The molecule has 0 aromatic carbocycles. The second-order valence-electron chi connectivity index (χ2n) is 5.02. The van der Waals surface area contributed by atoms with Gasteiger partial charge in [-0.1, -0.05) is 20.8 Å². The largest absolute Gasteiger partial charge is 0.481 e. The molecule has 4 heteroatoms. The van der Waals surface area contributed by atoms with Crippen molar-refractivity contribution in [1.82, 2.24) is 4.90 Å². The highest BCUT2D eigenvalue weighted by molar-refractivity contribution is 5.76. The summed E-state index contributed by atoms with van der Waals surface area (Å²) in [4.78, 5) is 23.3. The van der Waals surface area contributed by atoms with E-state index in [9.17, 15) is 9.59 Å². The SMILES string of the molecule is CN(CCC(=O)O)C(=O)CCC(C)(C)C. The molecule has 0 aliphatic carbocycles. The van der Waals surface area contributed by atoms with Crippen LogP contribution < -0.4 is 0 Å². The molecule has 0 aromatic rings. The van der Waals surface area contributed by atoms with Crippen molar-refractivity contribution >= 4 is 11.9 Å². The van der Waals surface area contributed by atoms with E-state index < -0.39 is 5.97 Å². The van der Waals surface area contributed by atoms with E-state index in [1.165, 1.54) is 4.90 Å². The molecule has 4 nitrogen and oxygen atoms in total. The maximum atomic E-state index is 11.5. The second kappa shape index (κ2) is 5.73. The van der Waals surface area contributed by atoms with Gasteiger partial charge in [0.15, 0.2) is 0 Å². The van der Waals surface area contributed by atoms with Crippen molar-refractivity contribution < 1.29 is 14.7 Å². The van der Waals surface area contributed by atoms with Crippen LogP contribution in [0, 0.1) is 5.41 Å². The summed E-state index contributed by atoms with van der Waals surface area (Å²) in [6.45, 7) is 6.53. The molecule has 0 fully saturated rings. The Morgan fingerprint density at radius 3 is 2.13 bits per heavy atom. The van der Waals surface area contributed by atoms with Crippen molar-refractivity contribution in [2.75, 3.05) is 13.6 Å². The minimum atomic E-state index is -0.870. The first kappa shape index (κ1) is 13.9. The summed E-state index contributed by atoms with van der Waals surface area (Å²) in [5.41, 5.74) is 0.142. The Labute approximate surface area is 91.3 Å². The van der Waals surface area contributed by atoms with Gasteiger partial charge in [0.2, 0.25) is 5.91 Å². The van der Waals surface area contributed by atoms with Gasteiger partial charge in [-0.15, -0.1) is 0 Å². The summed E-state index contributed by atoms with van der Waals surface area (Å²) in [5.74, 6) is -0.850. The lowest BCUT2D eigenvalue weighted by Gasteiger charge is -2.21. The van der Waals surface area contributed by atoms with E-state index >= 15 is 0 Å². The number of carbonyl (C=O) groups is 2. The highest BCUT2D eigenvalue weighted by Gasteiger charge is 2.15. The van der Waals surface area contributed by atoms with Crippen molar-refractivity contribution in [1.29, 1.82) is 0 Å². The van der Waals surface area contributed by atoms with Gasteiger partial charge in [-0.05, 0) is 11.8 Å². The summed E-state index contributed by atoms with van der Waals surface area (Å²) < 4.78 is 0. The minimum Gasteiger partial charge on any atom is -0.481 e. The first-order chi connectivity index (χ1) is 6.72. The Balaban J connectivity index is 3.84. The number of rotatable bonds is 5. The maximum Gasteiger partial charge on any atom is 0.305 e. The van der Waals surface area contributed by atoms with Gasteiger partial charge in [0.1, 0.15) is 0 Å². The zero-order valence-electron chi connectivity index (χ0n) is 10.0. The third-order valence-electron chi connectivity index (χ3n) is 2.18. The van der Waals surface area contributed by atoms with E-state index in [1.807, 2.05) is 0 Å².